The molecule has 4 N–H and O–H groups in total. The van der Waals surface area contributed by atoms with Crippen LogP contribution in [0.5, 0.6) is 0 Å². The van der Waals surface area contributed by atoms with Crippen molar-refractivity contribution in [3.63, 3.8) is 0 Å². The van der Waals surface area contributed by atoms with Gasteiger partial charge in [-0.15, -0.1) is 0 Å². The third kappa shape index (κ3) is 2.32. The highest BCUT2D eigenvalue weighted by Gasteiger charge is 2.09. The molecule has 0 unspecified atom stereocenters. The van der Waals surface area contributed by atoms with Crippen molar-refractivity contribution in [1.29, 1.82) is 5.41 Å². The third-order valence-electron chi connectivity index (χ3n) is 2.74. The standard InChI is InChI=1S/C14H14FN3/c1-18-11-6-7-13(16)12(8-11)14(17)9-2-4-10(15)5-3-9/h2-8,17-18H,16H2,1H3. The molecule has 0 aliphatic heterocycles. The summed E-state index contributed by atoms with van der Waals surface area (Å²) in [5, 5.41) is 11.1. The van der Waals surface area contributed by atoms with Crippen molar-refractivity contribution in [3.8, 4) is 0 Å². The van der Waals surface area contributed by atoms with E-state index in [2.05, 4.69) is 5.32 Å². The van der Waals surface area contributed by atoms with Gasteiger partial charge in [-0.05, 0) is 42.5 Å². The lowest BCUT2D eigenvalue weighted by Gasteiger charge is -2.10. The zero-order chi connectivity index (χ0) is 13.1. The molecule has 0 spiro atoms. The topological polar surface area (TPSA) is 61.9 Å². The number of halogens is 1. The van der Waals surface area contributed by atoms with Crippen LogP contribution in [0.2, 0.25) is 0 Å². The van der Waals surface area contributed by atoms with Gasteiger partial charge in [0.15, 0.2) is 0 Å². The van der Waals surface area contributed by atoms with E-state index in [9.17, 15) is 4.39 Å². The summed E-state index contributed by atoms with van der Waals surface area (Å²) >= 11 is 0. The van der Waals surface area contributed by atoms with Crippen molar-refractivity contribution in [2.24, 2.45) is 0 Å². The summed E-state index contributed by atoms with van der Waals surface area (Å²) in [7, 11) is 1.80. The number of hydrogen-bond donors (Lipinski definition) is 3. The Morgan fingerprint density at radius 1 is 1.17 bits per heavy atom. The van der Waals surface area contributed by atoms with Crippen molar-refractivity contribution in [3.05, 3.63) is 59.4 Å². The largest absolute Gasteiger partial charge is 0.398 e. The predicted molar refractivity (Wildman–Crippen MR) is 72.7 cm³/mol. The number of anilines is 2. The summed E-state index contributed by atoms with van der Waals surface area (Å²) in [6.07, 6.45) is 0. The van der Waals surface area contributed by atoms with Crippen molar-refractivity contribution < 1.29 is 4.39 Å². The maximum absolute atomic E-state index is 12.8. The average molecular weight is 243 g/mol. The normalized spacial score (nSPS) is 10.1. The van der Waals surface area contributed by atoms with Crippen LogP contribution >= 0.6 is 0 Å². The van der Waals surface area contributed by atoms with Crippen molar-refractivity contribution >= 4 is 17.1 Å². The number of rotatable bonds is 3. The van der Waals surface area contributed by atoms with Gasteiger partial charge in [0.1, 0.15) is 5.82 Å². The fraction of sp³-hybridized carbons (Fsp3) is 0.0714. The lowest BCUT2D eigenvalue weighted by Crippen LogP contribution is -2.06. The van der Waals surface area contributed by atoms with Gasteiger partial charge in [-0.2, -0.15) is 0 Å². The van der Waals surface area contributed by atoms with E-state index in [4.69, 9.17) is 11.1 Å². The second-order valence-corrected chi connectivity index (χ2v) is 3.93. The van der Waals surface area contributed by atoms with Gasteiger partial charge < -0.3 is 11.1 Å². The monoisotopic (exact) mass is 243 g/mol. The fourth-order valence-corrected chi connectivity index (χ4v) is 1.70. The lowest BCUT2D eigenvalue weighted by atomic mass is 10.0. The molecular formula is C14H14FN3. The summed E-state index contributed by atoms with van der Waals surface area (Å²) in [6.45, 7) is 0. The van der Waals surface area contributed by atoms with E-state index in [0.29, 0.717) is 16.8 Å². The first-order valence-corrected chi connectivity index (χ1v) is 5.54. The highest BCUT2D eigenvalue weighted by Crippen LogP contribution is 2.21. The molecule has 2 rings (SSSR count). The molecule has 0 fully saturated rings. The van der Waals surface area contributed by atoms with Gasteiger partial charge in [0.25, 0.3) is 0 Å². The number of nitrogens with two attached hydrogens (primary N) is 1. The molecular weight excluding hydrogens is 229 g/mol. The average Bonchev–Trinajstić information content (AvgIpc) is 2.39. The minimum atomic E-state index is -0.316. The molecule has 2 aromatic rings. The maximum Gasteiger partial charge on any atom is 0.123 e. The smallest absolute Gasteiger partial charge is 0.123 e. The molecule has 0 bridgehead atoms. The maximum atomic E-state index is 12.8. The van der Waals surface area contributed by atoms with E-state index in [1.165, 1.54) is 12.1 Å². The SMILES string of the molecule is CNc1ccc(N)c(C(=N)c2ccc(F)cc2)c1. The van der Waals surface area contributed by atoms with Crippen LogP contribution in [-0.4, -0.2) is 12.8 Å². The molecule has 0 amide bonds. The van der Waals surface area contributed by atoms with E-state index < -0.39 is 0 Å². The molecule has 0 heterocycles. The van der Waals surface area contributed by atoms with E-state index in [1.54, 1.807) is 31.3 Å². The van der Waals surface area contributed by atoms with Gasteiger partial charge in [0, 0.05) is 29.5 Å². The molecule has 3 nitrogen and oxygen atoms in total. The highest BCUT2D eigenvalue weighted by atomic mass is 19.1. The molecule has 0 aromatic heterocycles. The molecule has 0 saturated heterocycles. The van der Waals surface area contributed by atoms with Crippen LogP contribution in [0.1, 0.15) is 11.1 Å². The second kappa shape index (κ2) is 4.87. The first-order chi connectivity index (χ1) is 8.61. The van der Waals surface area contributed by atoms with Gasteiger partial charge in [0.2, 0.25) is 0 Å². The Bertz CT molecular complexity index is 576. The predicted octanol–water partition coefficient (Wildman–Crippen LogP) is 2.87. The summed E-state index contributed by atoms with van der Waals surface area (Å²) in [5.41, 5.74) is 8.83. The van der Waals surface area contributed by atoms with Gasteiger partial charge in [-0.3, -0.25) is 5.41 Å². The summed E-state index contributed by atoms with van der Waals surface area (Å²) in [5.74, 6) is -0.316. The molecule has 2 aromatic carbocycles. The zero-order valence-corrected chi connectivity index (χ0v) is 10.00. The fourth-order valence-electron chi connectivity index (χ4n) is 1.70. The molecule has 0 atom stereocenters. The van der Waals surface area contributed by atoms with Crippen LogP contribution in [-0.2, 0) is 0 Å². The Kier molecular flexibility index (Phi) is 3.28. The molecule has 0 aliphatic carbocycles. The van der Waals surface area contributed by atoms with Crippen LogP contribution in [0.4, 0.5) is 15.8 Å². The minimum absolute atomic E-state index is 0.282. The van der Waals surface area contributed by atoms with Gasteiger partial charge in [0.05, 0.1) is 5.71 Å². The Balaban J connectivity index is 2.42. The quantitative estimate of drug-likeness (QED) is 0.573. The van der Waals surface area contributed by atoms with Crippen molar-refractivity contribution in [1.82, 2.24) is 0 Å². The van der Waals surface area contributed by atoms with E-state index in [1.807, 2.05) is 6.07 Å². The Hall–Kier alpha value is -2.36. The minimum Gasteiger partial charge on any atom is -0.398 e. The van der Waals surface area contributed by atoms with Crippen LogP contribution in [0.15, 0.2) is 42.5 Å². The third-order valence-corrected chi connectivity index (χ3v) is 2.74. The van der Waals surface area contributed by atoms with E-state index in [0.717, 1.165) is 5.69 Å². The molecule has 0 aliphatic rings. The Morgan fingerprint density at radius 2 is 1.83 bits per heavy atom. The van der Waals surface area contributed by atoms with E-state index in [-0.39, 0.29) is 11.5 Å². The molecule has 4 heteroatoms. The molecule has 18 heavy (non-hydrogen) atoms. The molecule has 92 valence electrons. The Morgan fingerprint density at radius 3 is 2.44 bits per heavy atom. The first kappa shape index (κ1) is 12.1. The first-order valence-electron chi connectivity index (χ1n) is 5.54. The summed E-state index contributed by atoms with van der Waals surface area (Å²) in [6, 6.07) is 11.2. The van der Waals surface area contributed by atoms with Crippen molar-refractivity contribution in [2.75, 3.05) is 18.1 Å². The van der Waals surface area contributed by atoms with Gasteiger partial charge >= 0.3 is 0 Å². The number of benzene rings is 2. The Labute approximate surface area is 105 Å². The van der Waals surface area contributed by atoms with Crippen LogP contribution in [0, 0.1) is 11.2 Å². The number of hydrogen-bond acceptors (Lipinski definition) is 3. The summed E-state index contributed by atoms with van der Waals surface area (Å²) in [4.78, 5) is 0. The highest BCUT2D eigenvalue weighted by molar-refractivity contribution is 6.14. The molecule has 0 radical (unpaired) electrons. The van der Waals surface area contributed by atoms with Crippen LogP contribution in [0.3, 0.4) is 0 Å². The second-order valence-electron chi connectivity index (χ2n) is 3.93. The number of nitrogen functional groups attached to an aromatic ring is 1. The van der Waals surface area contributed by atoms with Gasteiger partial charge in [-0.1, -0.05) is 0 Å². The van der Waals surface area contributed by atoms with Crippen LogP contribution in [0.25, 0.3) is 0 Å². The zero-order valence-electron chi connectivity index (χ0n) is 10.00. The van der Waals surface area contributed by atoms with E-state index >= 15 is 0 Å². The number of nitrogens with one attached hydrogen (secondary N) is 2. The summed E-state index contributed by atoms with van der Waals surface area (Å²) < 4.78 is 12.8. The van der Waals surface area contributed by atoms with Crippen molar-refractivity contribution in [2.45, 2.75) is 0 Å². The van der Waals surface area contributed by atoms with Gasteiger partial charge in [-0.25, -0.2) is 4.39 Å². The van der Waals surface area contributed by atoms with Crippen LogP contribution < -0.4 is 11.1 Å². The molecule has 0 saturated carbocycles. The lowest BCUT2D eigenvalue weighted by molar-refractivity contribution is 0.628.